The predicted molar refractivity (Wildman–Crippen MR) is 91.6 cm³/mol. The van der Waals surface area contributed by atoms with E-state index in [4.69, 9.17) is 4.42 Å². The van der Waals surface area contributed by atoms with Crippen LogP contribution in [-0.2, 0) is 5.75 Å². The van der Waals surface area contributed by atoms with Crippen LogP contribution in [0.3, 0.4) is 0 Å². The average Bonchev–Trinajstić information content (AvgIpc) is 3.20. The zero-order valence-electron chi connectivity index (χ0n) is 13.3. The van der Waals surface area contributed by atoms with Crippen LogP contribution in [0.1, 0.15) is 54.6 Å². The Kier molecular flexibility index (Phi) is 4.36. The second-order valence-electron chi connectivity index (χ2n) is 5.96. The zero-order valence-corrected chi connectivity index (χ0v) is 14.9. The van der Waals surface area contributed by atoms with Crippen LogP contribution in [-0.4, -0.2) is 24.8 Å². The zero-order chi connectivity index (χ0) is 16.5. The summed E-state index contributed by atoms with van der Waals surface area (Å²) in [6.07, 6.45) is 6.05. The van der Waals surface area contributed by atoms with Gasteiger partial charge in [-0.1, -0.05) is 42.4 Å². The lowest BCUT2D eigenvalue weighted by Crippen LogP contribution is -2.14. The highest BCUT2D eigenvalue weighted by atomic mass is 32.2. The van der Waals surface area contributed by atoms with E-state index in [0.717, 1.165) is 23.7 Å². The van der Waals surface area contributed by atoms with Crippen molar-refractivity contribution in [2.45, 2.75) is 55.9 Å². The van der Waals surface area contributed by atoms with Crippen LogP contribution < -0.4 is 5.56 Å². The lowest BCUT2D eigenvalue weighted by atomic mass is 9.89. The molecule has 3 aromatic rings. The molecule has 4 rings (SSSR count). The lowest BCUT2D eigenvalue weighted by molar-refractivity contribution is 0.334. The largest absolute Gasteiger partial charge is 0.416 e. The number of rotatable bonds is 4. The first kappa shape index (κ1) is 15.8. The average molecular weight is 363 g/mol. The molecular weight excluding hydrogens is 346 g/mol. The molecular formula is C15H17N5O2S2. The second-order valence-corrected chi connectivity index (χ2v) is 7.92. The molecule has 1 aliphatic carbocycles. The summed E-state index contributed by atoms with van der Waals surface area (Å²) < 4.78 is 7.14. The molecule has 1 saturated carbocycles. The van der Waals surface area contributed by atoms with Gasteiger partial charge in [0.15, 0.2) is 0 Å². The molecule has 7 nitrogen and oxygen atoms in total. The third kappa shape index (κ3) is 3.23. The number of hydrogen-bond acceptors (Lipinski definition) is 8. The summed E-state index contributed by atoms with van der Waals surface area (Å²) in [7, 11) is 0. The lowest BCUT2D eigenvalue weighted by Gasteiger charge is -2.17. The molecule has 1 aliphatic rings. The number of nitrogens with zero attached hydrogens (tertiary/aromatic N) is 5. The van der Waals surface area contributed by atoms with E-state index in [2.05, 4.69) is 20.3 Å². The van der Waals surface area contributed by atoms with Gasteiger partial charge < -0.3 is 4.42 Å². The minimum absolute atomic E-state index is 0.151. The van der Waals surface area contributed by atoms with Gasteiger partial charge in [0.05, 0.1) is 5.75 Å². The summed E-state index contributed by atoms with van der Waals surface area (Å²) in [5.74, 6) is 1.75. The van der Waals surface area contributed by atoms with E-state index in [0.29, 0.717) is 27.5 Å². The molecule has 0 aromatic carbocycles. The maximum atomic E-state index is 11.9. The number of aryl methyl sites for hydroxylation is 1. The molecule has 0 N–H and O–H groups in total. The van der Waals surface area contributed by atoms with Crippen LogP contribution in [0.2, 0.25) is 0 Å². The first-order chi connectivity index (χ1) is 11.7. The standard InChI is InChI=1S/C15H17N5O2S2/c1-9-7-12(21)20-14(16-9)24-11(19-20)8-23-15-18-17-13(22-15)10-5-3-2-4-6-10/h7,10H,2-6,8H2,1H3. The highest BCUT2D eigenvalue weighted by molar-refractivity contribution is 7.98. The molecule has 126 valence electrons. The van der Waals surface area contributed by atoms with E-state index in [1.807, 2.05) is 0 Å². The fraction of sp³-hybridized carbons (Fsp3) is 0.533. The van der Waals surface area contributed by atoms with Gasteiger partial charge in [-0.05, 0) is 19.8 Å². The van der Waals surface area contributed by atoms with Crippen LogP contribution in [0.25, 0.3) is 4.96 Å². The molecule has 0 aliphatic heterocycles. The summed E-state index contributed by atoms with van der Waals surface area (Å²) >= 11 is 2.86. The van der Waals surface area contributed by atoms with Gasteiger partial charge in [-0.2, -0.15) is 9.61 Å². The van der Waals surface area contributed by atoms with E-state index in [-0.39, 0.29) is 5.56 Å². The van der Waals surface area contributed by atoms with Crippen LogP contribution in [0.15, 0.2) is 20.5 Å². The van der Waals surface area contributed by atoms with Gasteiger partial charge in [0.1, 0.15) is 5.01 Å². The molecule has 0 unspecified atom stereocenters. The molecule has 3 aromatic heterocycles. The van der Waals surface area contributed by atoms with Crippen molar-refractivity contribution < 1.29 is 4.42 Å². The van der Waals surface area contributed by atoms with Crippen LogP contribution >= 0.6 is 23.1 Å². The molecule has 0 atom stereocenters. The Morgan fingerprint density at radius 3 is 3.00 bits per heavy atom. The van der Waals surface area contributed by atoms with Gasteiger partial charge in [-0.25, -0.2) is 4.98 Å². The molecule has 0 radical (unpaired) electrons. The maximum absolute atomic E-state index is 11.9. The minimum Gasteiger partial charge on any atom is -0.416 e. The third-order valence-electron chi connectivity index (χ3n) is 4.11. The molecule has 0 amide bonds. The number of hydrogen-bond donors (Lipinski definition) is 0. The van der Waals surface area contributed by atoms with Crippen molar-refractivity contribution in [3.8, 4) is 0 Å². The van der Waals surface area contributed by atoms with E-state index < -0.39 is 0 Å². The Morgan fingerprint density at radius 1 is 1.33 bits per heavy atom. The van der Waals surface area contributed by atoms with E-state index in [9.17, 15) is 4.79 Å². The van der Waals surface area contributed by atoms with Crippen molar-refractivity contribution in [2.24, 2.45) is 0 Å². The van der Waals surface area contributed by atoms with Crippen molar-refractivity contribution >= 4 is 28.1 Å². The first-order valence-corrected chi connectivity index (χ1v) is 9.82. The smallest absolute Gasteiger partial charge is 0.276 e. The predicted octanol–water partition coefficient (Wildman–Crippen LogP) is 3.18. The Balaban J connectivity index is 1.46. The second kappa shape index (κ2) is 6.64. The Hall–Kier alpha value is -1.74. The van der Waals surface area contributed by atoms with Crippen molar-refractivity contribution in [1.29, 1.82) is 0 Å². The quantitative estimate of drug-likeness (QED) is 0.658. The van der Waals surface area contributed by atoms with Crippen LogP contribution in [0.4, 0.5) is 0 Å². The Labute approximate surface area is 146 Å². The summed E-state index contributed by atoms with van der Waals surface area (Å²) in [5.41, 5.74) is 0.555. The fourth-order valence-corrected chi connectivity index (χ4v) is 4.64. The van der Waals surface area contributed by atoms with Crippen molar-refractivity contribution in [3.63, 3.8) is 0 Å². The van der Waals surface area contributed by atoms with Gasteiger partial charge >= 0.3 is 0 Å². The normalized spacial score (nSPS) is 16.0. The summed E-state index contributed by atoms with van der Waals surface area (Å²) in [5, 5.41) is 14.0. The molecule has 3 heterocycles. The molecule has 1 fully saturated rings. The number of thioether (sulfide) groups is 1. The van der Waals surface area contributed by atoms with Crippen molar-refractivity contribution in [1.82, 2.24) is 24.8 Å². The van der Waals surface area contributed by atoms with Crippen molar-refractivity contribution in [2.75, 3.05) is 0 Å². The van der Waals surface area contributed by atoms with Crippen molar-refractivity contribution in [3.05, 3.63) is 33.0 Å². The maximum Gasteiger partial charge on any atom is 0.276 e. The van der Waals surface area contributed by atoms with Gasteiger partial charge in [0.2, 0.25) is 10.9 Å². The molecule has 0 bridgehead atoms. The van der Waals surface area contributed by atoms with Gasteiger partial charge in [0, 0.05) is 17.7 Å². The van der Waals surface area contributed by atoms with E-state index in [1.165, 1.54) is 52.9 Å². The Morgan fingerprint density at radius 2 is 2.17 bits per heavy atom. The number of fused-ring (bicyclic) bond motifs is 1. The third-order valence-corrected chi connectivity index (χ3v) is 6.03. The SMILES string of the molecule is Cc1cc(=O)n2nc(CSc3nnc(C4CCCCC4)o3)sc2n1. The van der Waals surface area contributed by atoms with E-state index >= 15 is 0 Å². The summed E-state index contributed by atoms with van der Waals surface area (Å²) in [6, 6.07) is 1.48. The monoisotopic (exact) mass is 363 g/mol. The highest BCUT2D eigenvalue weighted by Crippen LogP contribution is 2.33. The first-order valence-electron chi connectivity index (χ1n) is 8.01. The summed E-state index contributed by atoms with van der Waals surface area (Å²) in [4.78, 5) is 16.8. The van der Waals surface area contributed by atoms with E-state index in [1.54, 1.807) is 6.92 Å². The molecule has 9 heteroatoms. The van der Waals surface area contributed by atoms with Crippen LogP contribution in [0.5, 0.6) is 0 Å². The minimum atomic E-state index is -0.151. The van der Waals surface area contributed by atoms with Gasteiger partial charge in [0.25, 0.3) is 10.8 Å². The summed E-state index contributed by atoms with van der Waals surface area (Å²) in [6.45, 7) is 1.81. The topological polar surface area (TPSA) is 86.2 Å². The fourth-order valence-electron chi connectivity index (χ4n) is 2.94. The Bertz CT molecular complexity index is 910. The van der Waals surface area contributed by atoms with Crippen LogP contribution in [0, 0.1) is 6.92 Å². The molecule has 0 saturated heterocycles. The molecule has 24 heavy (non-hydrogen) atoms. The van der Waals surface area contributed by atoms with Gasteiger partial charge in [-0.15, -0.1) is 10.2 Å². The number of aromatic nitrogens is 5. The van der Waals surface area contributed by atoms with Gasteiger partial charge in [-0.3, -0.25) is 4.79 Å². The molecule has 0 spiro atoms. The highest BCUT2D eigenvalue weighted by Gasteiger charge is 2.21.